The predicted molar refractivity (Wildman–Crippen MR) is 74.7 cm³/mol. The van der Waals surface area contributed by atoms with Crippen LogP contribution in [0.1, 0.15) is 31.2 Å². The van der Waals surface area contributed by atoms with Crippen molar-refractivity contribution in [3.8, 4) is 11.5 Å². The molecule has 0 spiro atoms. The number of nitrogens with zero attached hydrogens (tertiary/aromatic N) is 1. The summed E-state index contributed by atoms with van der Waals surface area (Å²) in [5, 5.41) is 12.1. The van der Waals surface area contributed by atoms with Crippen molar-refractivity contribution >= 4 is 5.71 Å². The lowest BCUT2D eigenvalue weighted by Gasteiger charge is -2.21. The molecule has 20 heavy (non-hydrogen) atoms. The van der Waals surface area contributed by atoms with Crippen LogP contribution in [0.25, 0.3) is 0 Å². The van der Waals surface area contributed by atoms with Crippen molar-refractivity contribution in [2.45, 2.75) is 25.7 Å². The van der Waals surface area contributed by atoms with Crippen LogP contribution in [0.3, 0.4) is 0 Å². The van der Waals surface area contributed by atoms with Gasteiger partial charge in [0.15, 0.2) is 0 Å². The molecule has 0 saturated heterocycles. The van der Waals surface area contributed by atoms with Crippen LogP contribution in [-0.2, 0) is 0 Å². The van der Waals surface area contributed by atoms with E-state index in [4.69, 9.17) is 14.7 Å². The molecule has 1 aliphatic heterocycles. The van der Waals surface area contributed by atoms with E-state index in [0.717, 1.165) is 41.4 Å². The third-order valence-electron chi connectivity index (χ3n) is 5.10. The van der Waals surface area contributed by atoms with Gasteiger partial charge in [0.25, 0.3) is 0 Å². The summed E-state index contributed by atoms with van der Waals surface area (Å²) in [6.45, 7) is 1.16. The van der Waals surface area contributed by atoms with Crippen molar-refractivity contribution in [2.24, 2.45) is 22.9 Å². The molecule has 1 aromatic rings. The average molecular weight is 273 g/mol. The minimum atomic E-state index is 0.335. The van der Waals surface area contributed by atoms with Gasteiger partial charge in [0.2, 0.25) is 0 Å². The minimum Gasteiger partial charge on any atom is -0.493 e. The number of hydrogen-bond donors (Lipinski definition) is 1. The number of hydrogen-bond acceptors (Lipinski definition) is 4. The Morgan fingerprint density at radius 3 is 3.00 bits per heavy atom. The lowest BCUT2D eigenvalue weighted by molar-refractivity contribution is 0.195. The Labute approximate surface area is 118 Å². The SMILES string of the molecule is ON=C1COc2cc(OCC3CC4CCC3C4)ccc21. The molecule has 1 heterocycles. The van der Waals surface area contributed by atoms with Crippen molar-refractivity contribution < 1.29 is 14.7 Å². The molecular weight excluding hydrogens is 254 g/mol. The minimum absolute atomic E-state index is 0.335. The summed E-state index contributed by atoms with van der Waals surface area (Å²) in [5.41, 5.74) is 1.44. The summed E-state index contributed by atoms with van der Waals surface area (Å²) in [6, 6.07) is 5.75. The third-order valence-corrected chi connectivity index (χ3v) is 5.10. The Bertz CT molecular complexity index is 555. The molecule has 1 aromatic carbocycles. The van der Waals surface area contributed by atoms with Crippen molar-refractivity contribution in [1.82, 2.24) is 0 Å². The van der Waals surface area contributed by atoms with Gasteiger partial charge >= 0.3 is 0 Å². The average Bonchev–Trinajstić information content (AvgIpc) is 3.19. The lowest BCUT2D eigenvalue weighted by Crippen LogP contribution is -2.18. The molecule has 2 fully saturated rings. The second-order valence-corrected chi connectivity index (χ2v) is 6.24. The molecule has 0 amide bonds. The standard InChI is InChI=1S/C16H19NO3/c18-17-15-9-20-16-7-13(3-4-14(15)16)19-8-12-6-10-1-2-11(12)5-10/h3-4,7,10-12,18H,1-2,5-6,8-9H2. The summed E-state index contributed by atoms with van der Waals surface area (Å²) >= 11 is 0. The largest absolute Gasteiger partial charge is 0.493 e. The zero-order valence-electron chi connectivity index (χ0n) is 11.4. The zero-order chi connectivity index (χ0) is 13.5. The monoisotopic (exact) mass is 273 g/mol. The highest BCUT2D eigenvalue weighted by Gasteiger charge is 2.39. The number of benzene rings is 1. The van der Waals surface area contributed by atoms with Gasteiger partial charge in [-0.05, 0) is 49.1 Å². The van der Waals surface area contributed by atoms with Gasteiger partial charge in [-0.3, -0.25) is 0 Å². The summed E-state index contributed by atoms with van der Waals surface area (Å²) in [5.74, 6) is 4.19. The first-order valence-corrected chi connectivity index (χ1v) is 7.44. The first-order valence-electron chi connectivity index (χ1n) is 7.44. The molecule has 3 unspecified atom stereocenters. The Morgan fingerprint density at radius 1 is 1.30 bits per heavy atom. The van der Waals surface area contributed by atoms with Gasteiger partial charge in [-0.25, -0.2) is 0 Å². The zero-order valence-corrected chi connectivity index (χ0v) is 11.4. The van der Waals surface area contributed by atoms with E-state index in [2.05, 4.69) is 5.16 Å². The topological polar surface area (TPSA) is 51.1 Å². The van der Waals surface area contributed by atoms with Crippen molar-refractivity contribution in [1.29, 1.82) is 0 Å². The third kappa shape index (κ3) is 1.94. The smallest absolute Gasteiger partial charge is 0.134 e. The molecule has 106 valence electrons. The second kappa shape index (κ2) is 4.69. The highest BCUT2D eigenvalue weighted by molar-refractivity contribution is 6.05. The van der Waals surface area contributed by atoms with Gasteiger partial charge in [0.05, 0.1) is 6.61 Å². The predicted octanol–water partition coefficient (Wildman–Crippen LogP) is 3.07. The lowest BCUT2D eigenvalue weighted by atomic mass is 9.89. The highest BCUT2D eigenvalue weighted by Crippen LogP contribution is 2.48. The molecular formula is C16H19NO3. The Kier molecular flexibility index (Phi) is 2.83. The fourth-order valence-corrected chi connectivity index (χ4v) is 4.04. The summed E-state index contributed by atoms with van der Waals surface area (Å²) in [7, 11) is 0. The summed E-state index contributed by atoms with van der Waals surface area (Å²) in [6.07, 6.45) is 5.57. The van der Waals surface area contributed by atoms with E-state index < -0.39 is 0 Å². The number of rotatable bonds is 3. The van der Waals surface area contributed by atoms with E-state index in [1.807, 2.05) is 18.2 Å². The molecule has 2 saturated carbocycles. The Balaban J connectivity index is 1.43. The fraction of sp³-hybridized carbons (Fsp3) is 0.562. The fourth-order valence-electron chi connectivity index (χ4n) is 4.04. The number of ether oxygens (including phenoxy) is 2. The van der Waals surface area contributed by atoms with E-state index in [1.165, 1.54) is 25.7 Å². The maximum absolute atomic E-state index is 8.87. The molecule has 1 N–H and O–H groups in total. The van der Waals surface area contributed by atoms with E-state index in [9.17, 15) is 0 Å². The van der Waals surface area contributed by atoms with Crippen molar-refractivity contribution in [2.75, 3.05) is 13.2 Å². The molecule has 0 radical (unpaired) electrons. The molecule has 4 heteroatoms. The van der Waals surface area contributed by atoms with Crippen LogP contribution < -0.4 is 9.47 Å². The van der Waals surface area contributed by atoms with Crippen molar-refractivity contribution in [3.05, 3.63) is 23.8 Å². The molecule has 3 atom stereocenters. The van der Waals surface area contributed by atoms with Gasteiger partial charge in [0, 0.05) is 11.6 Å². The van der Waals surface area contributed by atoms with Crippen LogP contribution in [0, 0.1) is 17.8 Å². The first kappa shape index (κ1) is 12.1. The van der Waals surface area contributed by atoms with Gasteiger partial charge in [-0.2, -0.15) is 0 Å². The van der Waals surface area contributed by atoms with Gasteiger partial charge in [-0.1, -0.05) is 11.6 Å². The van der Waals surface area contributed by atoms with Gasteiger partial charge < -0.3 is 14.7 Å². The molecule has 4 nitrogen and oxygen atoms in total. The van der Waals surface area contributed by atoms with Crippen LogP contribution >= 0.6 is 0 Å². The van der Waals surface area contributed by atoms with Crippen LogP contribution in [0.15, 0.2) is 23.4 Å². The second-order valence-electron chi connectivity index (χ2n) is 6.24. The van der Waals surface area contributed by atoms with Crippen LogP contribution in [0.4, 0.5) is 0 Å². The van der Waals surface area contributed by atoms with E-state index >= 15 is 0 Å². The molecule has 3 aliphatic rings. The maximum atomic E-state index is 8.87. The van der Waals surface area contributed by atoms with E-state index in [1.54, 1.807) is 0 Å². The molecule has 0 aromatic heterocycles. The van der Waals surface area contributed by atoms with Crippen LogP contribution in [-0.4, -0.2) is 24.1 Å². The maximum Gasteiger partial charge on any atom is 0.134 e. The number of fused-ring (bicyclic) bond motifs is 3. The Morgan fingerprint density at radius 2 is 2.25 bits per heavy atom. The number of oxime groups is 1. The molecule has 4 rings (SSSR count). The van der Waals surface area contributed by atoms with Crippen molar-refractivity contribution in [3.63, 3.8) is 0 Å². The van der Waals surface area contributed by atoms with Crippen LogP contribution in [0.5, 0.6) is 11.5 Å². The summed E-state index contributed by atoms with van der Waals surface area (Å²) < 4.78 is 11.4. The Hall–Kier alpha value is -1.71. The van der Waals surface area contributed by atoms with E-state index in [-0.39, 0.29) is 0 Å². The normalized spacial score (nSPS) is 32.4. The van der Waals surface area contributed by atoms with E-state index in [0.29, 0.717) is 12.3 Å². The van der Waals surface area contributed by atoms with Gasteiger partial charge in [-0.15, -0.1) is 0 Å². The first-order chi connectivity index (χ1) is 9.83. The molecule has 2 aliphatic carbocycles. The molecule has 2 bridgehead atoms. The highest BCUT2D eigenvalue weighted by atomic mass is 16.5. The summed E-state index contributed by atoms with van der Waals surface area (Å²) in [4.78, 5) is 0. The quantitative estimate of drug-likeness (QED) is 0.680. The van der Waals surface area contributed by atoms with Gasteiger partial charge in [0.1, 0.15) is 23.8 Å². The van der Waals surface area contributed by atoms with Crippen LogP contribution in [0.2, 0.25) is 0 Å².